The van der Waals surface area contributed by atoms with Gasteiger partial charge in [0.2, 0.25) is 0 Å². The number of halogens is 1. The van der Waals surface area contributed by atoms with Gasteiger partial charge in [-0.05, 0) is 44.0 Å². The summed E-state index contributed by atoms with van der Waals surface area (Å²) in [5, 5.41) is 3.34. The Morgan fingerprint density at radius 1 is 1.10 bits per heavy atom. The number of carbonyl (C=O) groups excluding carboxylic acids is 1. The highest BCUT2D eigenvalue weighted by Crippen LogP contribution is 2.24. The largest absolute Gasteiger partial charge is 0.497 e. The van der Waals surface area contributed by atoms with E-state index in [0.29, 0.717) is 26.2 Å². The molecule has 1 N–H and O–H groups in total. The molecule has 2 rings (SSSR count). The fourth-order valence-corrected chi connectivity index (χ4v) is 3.10. The first kappa shape index (κ1) is 25.1. The number of piperazine rings is 1. The van der Waals surface area contributed by atoms with E-state index in [1.54, 1.807) is 19.1 Å². The molecule has 0 atom stereocenters. The molecule has 8 nitrogen and oxygen atoms in total. The minimum Gasteiger partial charge on any atom is -0.497 e. The quantitative estimate of drug-likeness (QED) is 0.339. The summed E-state index contributed by atoms with van der Waals surface area (Å²) in [4.78, 5) is 20.6. The van der Waals surface area contributed by atoms with Crippen molar-refractivity contribution in [3.05, 3.63) is 23.8 Å². The van der Waals surface area contributed by atoms with Crippen LogP contribution in [0, 0.1) is 0 Å². The molecule has 1 aliphatic rings. The van der Waals surface area contributed by atoms with Crippen LogP contribution in [-0.2, 0) is 11.2 Å². The van der Waals surface area contributed by atoms with E-state index in [0.717, 1.165) is 49.1 Å². The molecule has 0 aliphatic carbocycles. The van der Waals surface area contributed by atoms with Gasteiger partial charge in [0.15, 0.2) is 5.96 Å². The van der Waals surface area contributed by atoms with Gasteiger partial charge in [0.05, 0.1) is 20.8 Å². The van der Waals surface area contributed by atoms with E-state index in [-0.39, 0.29) is 30.1 Å². The third-order valence-electron chi connectivity index (χ3n) is 4.57. The van der Waals surface area contributed by atoms with Gasteiger partial charge in [0.1, 0.15) is 11.5 Å². The molecule has 29 heavy (non-hydrogen) atoms. The van der Waals surface area contributed by atoms with E-state index >= 15 is 0 Å². The molecule has 1 aromatic rings. The minimum atomic E-state index is -0.241. The monoisotopic (exact) mass is 520 g/mol. The highest BCUT2D eigenvalue weighted by molar-refractivity contribution is 14.0. The Hall–Kier alpha value is -1.91. The summed E-state index contributed by atoms with van der Waals surface area (Å²) < 4.78 is 15.8. The highest BCUT2D eigenvalue weighted by Gasteiger charge is 2.23. The van der Waals surface area contributed by atoms with E-state index in [2.05, 4.69) is 17.1 Å². The second-order valence-corrected chi connectivity index (χ2v) is 6.34. The maximum Gasteiger partial charge on any atom is 0.409 e. The molecule has 1 saturated heterocycles. The molecule has 164 valence electrons. The first-order chi connectivity index (χ1) is 13.6. The molecule has 1 fully saturated rings. The van der Waals surface area contributed by atoms with Gasteiger partial charge < -0.3 is 29.3 Å². The van der Waals surface area contributed by atoms with E-state index in [4.69, 9.17) is 19.2 Å². The summed E-state index contributed by atoms with van der Waals surface area (Å²) in [7, 11) is 3.32. The maximum atomic E-state index is 11.9. The molecule has 1 amide bonds. The summed E-state index contributed by atoms with van der Waals surface area (Å²) >= 11 is 0. The Morgan fingerprint density at radius 2 is 1.79 bits per heavy atom. The van der Waals surface area contributed by atoms with Crippen molar-refractivity contribution in [3.63, 3.8) is 0 Å². The predicted octanol–water partition coefficient (Wildman–Crippen LogP) is 2.60. The molecular formula is C20H33IN4O4. The zero-order valence-corrected chi connectivity index (χ0v) is 20.1. The van der Waals surface area contributed by atoms with Crippen LogP contribution in [0.3, 0.4) is 0 Å². The van der Waals surface area contributed by atoms with Crippen LogP contribution in [0.15, 0.2) is 23.2 Å². The van der Waals surface area contributed by atoms with Gasteiger partial charge in [0, 0.05) is 39.3 Å². The molecule has 0 unspecified atom stereocenters. The molecule has 9 heteroatoms. The lowest BCUT2D eigenvalue weighted by molar-refractivity contribution is 0.0914. The van der Waals surface area contributed by atoms with Crippen LogP contribution in [-0.4, -0.2) is 81.9 Å². The molecule has 0 saturated carbocycles. The van der Waals surface area contributed by atoms with Crippen LogP contribution in [0.25, 0.3) is 0 Å². The van der Waals surface area contributed by atoms with Crippen LogP contribution in [0.1, 0.15) is 19.4 Å². The zero-order valence-electron chi connectivity index (χ0n) is 17.8. The van der Waals surface area contributed by atoms with Gasteiger partial charge in [-0.3, -0.25) is 4.99 Å². The van der Waals surface area contributed by atoms with Crippen molar-refractivity contribution in [1.82, 2.24) is 15.1 Å². The average molecular weight is 520 g/mol. The summed E-state index contributed by atoms with van der Waals surface area (Å²) in [5.74, 6) is 2.51. The van der Waals surface area contributed by atoms with Gasteiger partial charge in [-0.2, -0.15) is 0 Å². The van der Waals surface area contributed by atoms with Gasteiger partial charge in [-0.15, -0.1) is 24.0 Å². The molecule has 0 aromatic heterocycles. The number of rotatable bonds is 7. The fourth-order valence-electron chi connectivity index (χ4n) is 3.10. The maximum absolute atomic E-state index is 11.9. The zero-order chi connectivity index (χ0) is 20.4. The first-order valence-corrected chi connectivity index (χ1v) is 9.78. The number of hydrogen-bond donors (Lipinski definition) is 1. The molecule has 0 radical (unpaired) electrons. The van der Waals surface area contributed by atoms with Gasteiger partial charge in [-0.1, -0.05) is 0 Å². The van der Waals surface area contributed by atoms with Crippen molar-refractivity contribution in [2.45, 2.75) is 20.3 Å². The second-order valence-electron chi connectivity index (χ2n) is 6.34. The number of benzene rings is 1. The van der Waals surface area contributed by atoms with Crippen molar-refractivity contribution in [2.75, 3.05) is 60.1 Å². The van der Waals surface area contributed by atoms with Gasteiger partial charge in [0.25, 0.3) is 0 Å². The van der Waals surface area contributed by atoms with Crippen molar-refractivity contribution in [3.8, 4) is 11.5 Å². The van der Waals surface area contributed by atoms with Gasteiger partial charge >= 0.3 is 6.09 Å². The Balaban J connectivity index is 0.00000420. The number of amides is 1. The van der Waals surface area contributed by atoms with Crippen LogP contribution < -0.4 is 14.8 Å². The summed E-state index contributed by atoms with van der Waals surface area (Å²) in [6, 6.07) is 5.79. The number of carbonyl (C=O) groups is 1. The molecule has 0 spiro atoms. The lowest BCUT2D eigenvalue weighted by Crippen LogP contribution is -2.54. The highest BCUT2D eigenvalue weighted by atomic mass is 127. The average Bonchev–Trinajstić information content (AvgIpc) is 2.73. The SMILES string of the molecule is CCNC(=NCCc1cc(OC)ccc1OC)N1CCN(C(=O)OCC)CC1.I. The Morgan fingerprint density at radius 3 is 2.38 bits per heavy atom. The van der Waals surface area contributed by atoms with E-state index in [1.807, 2.05) is 25.1 Å². The third kappa shape index (κ3) is 7.45. The minimum absolute atomic E-state index is 0. The van der Waals surface area contributed by atoms with Crippen LogP contribution in [0.5, 0.6) is 11.5 Å². The number of ether oxygens (including phenoxy) is 3. The van der Waals surface area contributed by atoms with E-state index < -0.39 is 0 Å². The van der Waals surface area contributed by atoms with Crippen LogP contribution in [0.2, 0.25) is 0 Å². The number of nitrogens with one attached hydrogen (secondary N) is 1. The fraction of sp³-hybridized carbons (Fsp3) is 0.600. The molecule has 0 bridgehead atoms. The molecular weight excluding hydrogens is 487 g/mol. The topological polar surface area (TPSA) is 75.6 Å². The van der Waals surface area contributed by atoms with E-state index in [9.17, 15) is 4.79 Å². The summed E-state index contributed by atoms with van der Waals surface area (Å²) in [6.45, 7) is 8.41. The van der Waals surface area contributed by atoms with Crippen molar-refractivity contribution < 1.29 is 19.0 Å². The number of aliphatic imine (C=N–C) groups is 1. The smallest absolute Gasteiger partial charge is 0.409 e. The first-order valence-electron chi connectivity index (χ1n) is 9.78. The van der Waals surface area contributed by atoms with Crippen LogP contribution in [0.4, 0.5) is 4.79 Å². The Labute approximate surface area is 190 Å². The van der Waals surface area contributed by atoms with Crippen molar-refractivity contribution >= 4 is 36.0 Å². The van der Waals surface area contributed by atoms with Gasteiger partial charge in [-0.25, -0.2) is 4.79 Å². The third-order valence-corrected chi connectivity index (χ3v) is 4.57. The van der Waals surface area contributed by atoms with Crippen LogP contribution >= 0.6 is 24.0 Å². The summed E-state index contributed by atoms with van der Waals surface area (Å²) in [6.07, 6.45) is 0.507. The Kier molecular flexibility index (Phi) is 11.6. The lowest BCUT2D eigenvalue weighted by Gasteiger charge is -2.35. The van der Waals surface area contributed by atoms with Crippen molar-refractivity contribution in [2.24, 2.45) is 4.99 Å². The molecule has 1 aromatic carbocycles. The standard InChI is InChI=1S/C20H32N4O4.HI/c1-5-21-19(23-11-13-24(14-12-23)20(25)28-6-2)22-10-9-16-15-17(26-3)7-8-18(16)27-4;/h7-8,15H,5-6,9-14H2,1-4H3,(H,21,22);1H. The molecule has 1 heterocycles. The normalized spacial score (nSPS) is 14.1. The number of nitrogens with zero attached hydrogens (tertiary/aromatic N) is 3. The predicted molar refractivity (Wildman–Crippen MR) is 125 cm³/mol. The second kappa shape index (κ2) is 13.3. The number of methoxy groups -OCH3 is 2. The van der Waals surface area contributed by atoms with Crippen molar-refractivity contribution in [1.29, 1.82) is 0 Å². The van der Waals surface area contributed by atoms with E-state index in [1.165, 1.54) is 0 Å². The Bertz CT molecular complexity index is 664. The number of hydrogen-bond acceptors (Lipinski definition) is 5. The number of guanidine groups is 1. The summed E-state index contributed by atoms with van der Waals surface area (Å²) in [5.41, 5.74) is 1.06. The lowest BCUT2D eigenvalue weighted by atomic mass is 10.1. The molecule has 1 aliphatic heterocycles.